The molecule has 0 saturated carbocycles. The fraction of sp³-hybridized carbons (Fsp3) is 0.556. The highest BCUT2D eigenvalue weighted by molar-refractivity contribution is 5.88. The van der Waals surface area contributed by atoms with Gasteiger partial charge < -0.3 is 34.6 Å². The smallest absolute Gasteiger partial charge is 0.341 e. The standard InChI is InChI=1S/C18H26O9/c1-11(27-12(2)16(20)9-19)4-3-5-25-14-6-13(18(23)24)7-15(8-14)26-10-17(21)22/h6-8,11-12,16,19-20H,3-5,9-10H2,1-2H3,(H,21,22)(H,23,24). The van der Waals surface area contributed by atoms with Crippen LogP contribution < -0.4 is 9.47 Å². The number of aromatic carboxylic acids is 1. The number of ether oxygens (including phenoxy) is 3. The minimum atomic E-state index is -1.18. The van der Waals surface area contributed by atoms with Crippen molar-refractivity contribution in [3.05, 3.63) is 23.8 Å². The van der Waals surface area contributed by atoms with E-state index >= 15 is 0 Å². The third-order valence-corrected chi connectivity index (χ3v) is 3.69. The van der Waals surface area contributed by atoms with Crippen LogP contribution in [0.25, 0.3) is 0 Å². The van der Waals surface area contributed by atoms with E-state index in [1.165, 1.54) is 18.2 Å². The molecule has 9 nitrogen and oxygen atoms in total. The molecule has 0 saturated heterocycles. The Labute approximate surface area is 157 Å². The van der Waals surface area contributed by atoms with Crippen molar-refractivity contribution in [3.8, 4) is 11.5 Å². The van der Waals surface area contributed by atoms with E-state index in [1.54, 1.807) is 6.92 Å². The molecule has 27 heavy (non-hydrogen) atoms. The van der Waals surface area contributed by atoms with Crippen molar-refractivity contribution in [1.82, 2.24) is 0 Å². The van der Waals surface area contributed by atoms with E-state index in [2.05, 4.69) is 0 Å². The summed E-state index contributed by atoms with van der Waals surface area (Å²) >= 11 is 0. The van der Waals surface area contributed by atoms with E-state index in [9.17, 15) is 14.7 Å². The molecule has 0 fully saturated rings. The average Bonchev–Trinajstić information content (AvgIpc) is 2.62. The molecule has 1 rings (SSSR count). The second kappa shape index (κ2) is 11.4. The lowest BCUT2D eigenvalue weighted by Crippen LogP contribution is -2.32. The minimum Gasteiger partial charge on any atom is -0.493 e. The molecular weight excluding hydrogens is 360 g/mol. The Morgan fingerprint density at radius 1 is 1.07 bits per heavy atom. The summed E-state index contributed by atoms with van der Waals surface area (Å²) < 4.78 is 16.1. The van der Waals surface area contributed by atoms with Crippen molar-refractivity contribution in [3.63, 3.8) is 0 Å². The Kier molecular flexibility index (Phi) is 9.55. The predicted octanol–water partition coefficient (Wildman–Crippen LogP) is 1.15. The largest absolute Gasteiger partial charge is 0.493 e. The zero-order chi connectivity index (χ0) is 20.4. The third-order valence-electron chi connectivity index (χ3n) is 3.69. The molecule has 3 unspecified atom stereocenters. The minimum absolute atomic E-state index is 0.0728. The van der Waals surface area contributed by atoms with E-state index in [-0.39, 0.29) is 36.4 Å². The van der Waals surface area contributed by atoms with Crippen LogP contribution in [0.15, 0.2) is 18.2 Å². The normalized spacial score (nSPS) is 14.2. The van der Waals surface area contributed by atoms with Crippen molar-refractivity contribution < 1.29 is 44.2 Å². The average molecular weight is 386 g/mol. The molecule has 3 atom stereocenters. The maximum absolute atomic E-state index is 11.2. The Morgan fingerprint density at radius 2 is 1.70 bits per heavy atom. The lowest BCUT2D eigenvalue weighted by atomic mass is 10.2. The molecule has 0 amide bonds. The van der Waals surface area contributed by atoms with Crippen LogP contribution in [0.1, 0.15) is 37.0 Å². The summed E-state index contributed by atoms with van der Waals surface area (Å²) in [4.78, 5) is 21.7. The van der Waals surface area contributed by atoms with Crippen molar-refractivity contribution in [2.24, 2.45) is 0 Å². The molecule has 0 aromatic heterocycles. The molecule has 0 radical (unpaired) electrons. The molecule has 1 aromatic rings. The number of aliphatic hydroxyl groups excluding tert-OH is 2. The van der Waals surface area contributed by atoms with Gasteiger partial charge in [-0.25, -0.2) is 9.59 Å². The maximum Gasteiger partial charge on any atom is 0.341 e. The number of hydrogen-bond donors (Lipinski definition) is 4. The van der Waals surface area contributed by atoms with Gasteiger partial charge in [-0.05, 0) is 38.8 Å². The molecule has 1 aromatic carbocycles. The topological polar surface area (TPSA) is 143 Å². The van der Waals surface area contributed by atoms with Gasteiger partial charge in [0.25, 0.3) is 0 Å². The van der Waals surface area contributed by atoms with Gasteiger partial charge in [0, 0.05) is 6.07 Å². The number of rotatable bonds is 13. The van der Waals surface area contributed by atoms with Gasteiger partial charge >= 0.3 is 11.9 Å². The van der Waals surface area contributed by atoms with Crippen LogP contribution in [0.3, 0.4) is 0 Å². The van der Waals surface area contributed by atoms with Gasteiger partial charge in [0.1, 0.15) is 17.6 Å². The summed E-state index contributed by atoms with van der Waals surface area (Å²) in [7, 11) is 0. The first-order chi connectivity index (χ1) is 12.7. The molecule has 0 bridgehead atoms. The fourth-order valence-corrected chi connectivity index (χ4v) is 2.24. The molecule has 4 N–H and O–H groups in total. The van der Waals surface area contributed by atoms with Gasteiger partial charge in [-0.2, -0.15) is 0 Å². The van der Waals surface area contributed by atoms with Crippen LogP contribution in [0.5, 0.6) is 11.5 Å². The monoisotopic (exact) mass is 386 g/mol. The van der Waals surface area contributed by atoms with Gasteiger partial charge in [0.15, 0.2) is 6.61 Å². The number of hydrogen-bond acceptors (Lipinski definition) is 7. The number of aliphatic carboxylic acids is 1. The first-order valence-electron chi connectivity index (χ1n) is 8.53. The van der Waals surface area contributed by atoms with Gasteiger partial charge in [-0.15, -0.1) is 0 Å². The Hall–Kier alpha value is -2.36. The van der Waals surface area contributed by atoms with E-state index < -0.39 is 30.8 Å². The first kappa shape index (κ1) is 22.7. The number of benzene rings is 1. The third kappa shape index (κ3) is 8.72. The fourth-order valence-electron chi connectivity index (χ4n) is 2.24. The van der Waals surface area contributed by atoms with Crippen LogP contribution in [0, 0.1) is 0 Å². The molecule has 0 aliphatic carbocycles. The summed E-state index contributed by atoms with van der Waals surface area (Å²) in [6.07, 6.45) is -0.363. The van der Waals surface area contributed by atoms with E-state index in [0.29, 0.717) is 12.8 Å². The SMILES string of the molecule is CC(CCCOc1cc(OCC(=O)O)cc(C(=O)O)c1)OC(C)C(O)CO. The quantitative estimate of drug-likeness (QED) is 0.367. The lowest BCUT2D eigenvalue weighted by molar-refractivity contribution is -0.139. The molecular formula is C18H26O9. The molecule has 0 spiro atoms. The van der Waals surface area contributed by atoms with Crippen molar-refractivity contribution >= 4 is 11.9 Å². The second-order valence-corrected chi connectivity index (χ2v) is 6.07. The highest BCUT2D eigenvalue weighted by atomic mass is 16.5. The van der Waals surface area contributed by atoms with Crippen molar-refractivity contribution in [1.29, 1.82) is 0 Å². The Bertz CT molecular complexity index is 617. The molecule has 9 heteroatoms. The number of carbonyl (C=O) groups is 2. The van der Waals surface area contributed by atoms with Crippen LogP contribution in [0.2, 0.25) is 0 Å². The zero-order valence-corrected chi connectivity index (χ0v) is 15.3. The van der Waals surface area contributed by atoms with Crippen LogP contribution in [-0.2, 0) is 9.53 Å². The Balaban J connectivity index is 2.53. The first-order valence-corrected chi connectivity index (χ1v) is 8.53. The van der Waals surface area contributed by atoms with Gasteiger partial charge in [-0.3, -0.25) is 0 Å². The van der Waals surface area contributed by atoms with Gasteiger partial charge in [0.05, 0.1) is 31.0 Å². The molecule has 0 aliphatic heterocycles. The van der Waals surface area contributed by atoms with Crippen LogP contribution >= 0.6 is 0 Å². The van der Waals surface area contributed by atoms with E-state index in [1.807, 2.05) is 6.92 Å². The van der Waals surface area contributed by atoms with E-state index in [4.69, 9.17) is 29.5 Å². The summed E-state index contributed by atoms with van der Waals surface area (Å²) in [5.74, 6) is -2.00. The van der Waals surface area contributed by atoms with E-state index in [0.717, 1.165) is 0 Å². The summed E-state index contributed by atoms with van der Waals surface area (Å²) in [6, 6.07) is 3.98. The van der Waals surface area contributed by atoms with Crippen molar-refractivity contribution in [2.45, 2.75) is 45.0 Å². The van der Waals surface area contributed by atoms with Gasteiger partial charge in [0.2, 0.25) is 0 Å². The molecule has 0 heterocycles. The van der Waals surface area contributed by atoms with Crippen molar-refractivity contribution in [2.75, 3.05) is 19.8 Å². The highest BCUT2D eigenvalue weighted by Gasteiger charge is 2.16. The number of aliphatic hydroxyl groups is 2. The maximum atomic E-state index is 11.2. The zero-order valence-electron chi connectivity index (χ0n) is 15.3. The molecule has 0 aliphatic rings. The lowest BCUT2D eigenvalue weighted by Gasteiger charge is -2.22. The summed E-state index contributed by atoms with van der Waals surface area (Å²) in [5.41, 5.74) is -0.0728. The summed E-state index contributed by atoms with van der Waals surface area (Å²) in [6.45, 7) is 2.83. The highest BCUT2D eigenvalue weighted by Crippen LogP contribution is 2.23. The number of carboxylic acid groups (broad SMARTS) is 2. The molecule has 152 valence electrons. The Morgan fingerprint density at radius 3 is 2.26 bits per heavy atom. The second-order valence-electron chi connectivity index (χ2n) is 6.07. The summed E-state index contributed by atoms with van der Waals surface area (Å²) in [5, 5.41) is 36.1. The van der Waals surface area contributed by atoms with Crippen LogP contribution in [-0.4, -0.2) is 70.5 Å². The van der Waals surface area contributed by atoms with Gasteiger partial charge in [-0.1, -0.05) is 0 Å². The predicted molar refractivity (Wildman–Crippen MR) is 94.4 cm³/mol. The number of carboxylic acids is 2. The van der Waals surface area contributed by atoms with Crippen LogP contribution in [0.4, 0.5) is 0 Å².